The maximum atomic E-state index is 12.8. The number of ether oxygens (including phenoxy) is 1. The first-order valence-corrected chi connectivity index (χ1v) is 12.3. The summed E-state index contributed by atoms with van der Waals surface area (Å²) >= 11 is 1.41. The third-order valence-electron chi connectivity index (χ3n) is 5.05. The van der Waals surface area contributed by atoms with E-state index in [1.54, 1.807) is 54.7 Å². The monoisotopic (exact) mass is 544 g/mol. The van der Waals surface area contributed by atoms with Crippen molar-refractivity contribution in [1.82, 2.24) is 9.97 Å². The Bertz CT molecular complexity index is 1580. The minimum Gasteiger partial charge on any atom is -0.479 e. The second-order valence-corrected chi connectivity index (χ2v) is 9.18. The van der Waals surface area contributed by atoms with E-state index in [0.29, 0.717) is 28.4 Å². The van der Waals surface area contributed by atoms with Crippen molar-refractivity contribution in [2.75, 3.05) is 0 Å². The fourth-order valence-corrected chi connectivity index (χ4v) is 4.00. The van der Waals surface area contributed by atoms with Crippen molar-refractivity contribution in [1.29, 1.82) is 0 Å². The van der Waals surface area contributed by atoms with Gasteiger partial charge in [0.25, 0.3) is 0 Å². The fourth-order valence-electron chi connectivity index (χ4n) is 3.11. The van der Waals surface area contributed by atoms with Crippen LogP contribution in [-0.4, -0.2) is 27.1 Å². The number of nitrogens with zero attached hydrogens (tertiary/aromatic N) is 2. The van der Waals surface area contributed by atoms with Crippen molar-refractivity contribution in [3.8, 4) is 29.4 Å². The molecule has 2 aromatic carbocycles. The number of aromatic nitrogens is 2. The van der Waals surface area contributed by atoms with E-state index < -0.39 is 23.8 Å². The first-order chi connectivity index (χ1) is 18.7. The van der Waals surface area contributed by atoms with Crippen LogP contribution in [0.4, 0.5) is 13.2 Å². The number of carboxylic acid groups (broad SMARTS) is 1. The largest absolute Gasteiger partial charge is 0.479 e. The molecule has 194 valence electrons. The Morgan fingerprint density at radius 2 is 1.51 bits per heavy atom. The van der Waals surface area contributed by atoms with Crippen LogP contribution in [0.15, 0.2) is 94.9 Å². The molecular formula is C30H19F3N2O3S. The van der Waals surface area contributed by atoms with Gasteiger partial charge < -0.3 is 9.84 Å². The summed E-state index contributed by atoms with van der Waals surface area (Å²) in [6, 6.07) is 20.5. The normalized spacial score (nSPS) is 11.4. The molecule has 1 unspecified atom stereocenters. The van der Waals surface area contributed by atoms with E-state index in [2.05, 4.69) is 33.6 Å². The van der Waals surface area contributed by atoms with Crippen LogP contribution in [-0.2, 0) is 11.0 Å². The molecule has 0 fully saturated rings. The van der Waals surface area contributed by atoms with Gasteiger partial charge in [0, 0.05) is 21.6 Å². The molecule has 0 aliphatic rings. The maximum Gasteiger partial charge on any atom is 0.416 e. The topological polar surface area (TPSA) is 72.3 Å². The van der Waals surface area contributed by atoms with Crippen LogP contribution in [0.2, 0.25) is 0 Å². The number of rotatable bonds is 5. The second kappa shape index (κ2) is 12.2. The smallest absolute Gasteiger partial charge is 0.416 e. The van der Waals surface area contributed by atoms with Crippen LogP contribution in [0.1, 0.15) is 35.1 Å². The van der Waals surface area contributed by atoms with Crippen LogP contribution in [0, 0.1) is 23.7 Å². The quantitative estimate of drug-likeness (QED) is 0.298. The van der Waals surface area contributed by atoms with Gasteiger partial charge in [-0.05, 0) is 97.5 Å². The Balaban J connectivity index is 1.61. The number of hydrogen-bond acceptors (Lipinski definition) is 5. The summed E-state index contributed by atoms with van der Waals surface area (Å²) in [5, 5.41) is 9.02. The second-order valence-electron chi connectivity index (χ2n) is 8.04. The van der Waals surface area contributed by atoms with Gasteiger partial charge in [0.1, 0.15) is 22.8 Å². The van der Waals surface area contributed by atoms with Crippen LogP contribution in [0.5, 0.6) is 5.75 Å². The number of halogens is 3. The summed E-state index contributed by atoms with van der Waals surface area (Å²) in [5.74, 6) is 11.1. The van der Waals surface area contributed by atoms with Gasteiger partial charge in [-0.2, -0.15) is 13.2 Å². The SMILES string of the molecule is CC(Oc1ccc(Sc2cc(C#Cc3ccc(C(F)(F)F)cc3)nc(C#Cc3ccccn3)c2)cc1)C(=O)O. The average Bonchev–Trinajstić information content (AvgIpc) is 2.92. The zero-order chi connectivity index (χ0) is 27.8. The highest BCUT2D eigenvalue weighted by molar-refractivity contribution is 7.99. The van der Waals surface area contributed by atoms with E-state index in [9.17, 15) is 18.0 Å². The number of aliphatic carboxylic acids is 1. The third kappa shape index (κ3) is 8.13. The van der Waals surface area contributed by atoms with Crippen molar-refractivity contribution in [3.05, 3.63) is 113 Å². The van der Waals surface area contributed by atoms with Crippen molar-refractivity contribution < 1.29 is 27.8 Å². The highest BCUT2D eigenvalue weighted by atomic mass is 32.2. The van der Waals surface area contributed by atoms with Gasteiger partial charge in [-0.15, -0.1) is 0 Å². The molecule has 2 heterocycles. The van der Waals surface area contributed by atoms with Gasteiger partial charge in [-0.25, -0.2) is 14.8 Å². The molecule has 1 atom stereocenters. The number of hydrogen-bond donors (Lipinski definition) is 1. The van der Waals surface area contributed by atoms with Gasteiger partial charge in [-0.1, -0.05) is 23.7 Å². The minimum atomic E-state index is -4.42. The molecule has 9 heteroatoms. The lowest BCUT2D eigenvalue weighted by Crippen LogP contribution is -2.22. The molecule has 0 amide bonds. The van der Waals surface area contributed by atoms with Crippen LogP contribution in [0.25, 0.3) is 0 Å². The van der Waals surface area contributed by atoms with Crippen LogP contribution in [0.3, 0.4) is 0 Å². The van der Waals surface area contributed by atoms with Gasteiger partial charge in [0.15, 0.2) is 6.10 Å². The van der Waals surface area contributed by atoms with Crippen molar-refractivity contribution in [2.24, 2.45) is 0 Å². The van der Waals surface area contributed by atoms with E-state index in [4.69, 9.17) is 9.84 Å². The van der Waals surface area contributed by atoms with Crippen molar-refractivity contribution in [3.63, 3.8) is 0 Å². The van der Waals surface area contributed by atoms with Crippen LogP contribution >= 0.6 is 11.8 Å². The Hall–Kier alpha value is -4.73. The molecule has 0 saturated carbocycles. The lowest BCUT2D eigenvalue weighted by atomic mass is 10.1. The molecule has 4 aromatic rings. The summed E-state index contributed by atoms with van der Waals surface area (Å²) in [7, 11) is 0. The summed E-state index contributed by atoms with van der Waals surface area (Å²) in [4.78, 5) is 21.3. The molecule has 0 saturated heterocycles. The number of carboxylic acids is 1. The zero-order valence-corrected chi connectivity index (χ0v) is 21.2. The standard InChI is InChI=1S/C30H19F3N2O3S/c1-20(29(36)37)38-26-13-15-27(16-14-26)39-28-18-24(10-7-21-5-8-22(9-6-21)30(31,32)33)35-25(19-28)12-11-23-4-2-3-17-34-23/h2-6,8-9,13-20H,1H3,(H,36,37). The number of pyridine rings is 2. The van der Waals surface area contributed by atoms with Crippen molar-refractivity contribution in [2.45, 2.75) is 29.0 Å². The summed E-state index contributed by atoms with van der Waals surface area (Å²) < 4.78 is 43.9. The average molecular weight is 545 g/mol. The zero-order valence-electron chi connectivity index (χ0n) is 20.4. The lowest BCUT2D eigenvalue weighted by molar-refractivity contribution is -0.144. The highest BCUT2D eigenvalue weighted by Gasteiger charge is 2.29. The molecule has 0 aliphatic heterocycles. The first-order valence-electron chi connectivity index (χ1n) is 11.5. The number of alkyl halides is 3. The van der Waals surface area contributed by atoms with Gasteiger partial charge in [-0.3, -0.25) is 0 Å². The molecule has 0 spiro atoms. The minimum absolute atomic E-state index is 0.389. The van der Waals surface area contributed by atoms with E-state index in [1.807, 2.05) is 6.07 Å². The molecule has 0 bridgehead atoms. The van der Waals surface area contributed by atoms with Crippen LogP contribution < -0.4 is 4.74 Å². The third-order valence-corrected chi connectivity index (χ3v) is 6.03. The predicted octanol–water partition coefficient (Wildman–Crippen LogP) is 6.30. The molecule has 39 heavy (non-hydrogen) atoms. The summed E-state index contributed by atoms with van der Waals surface area (Å²) in [6.07, 6.45) is -3.76. The predicted molar refractivity (Wildman–Crippen MR) is 140 cm³/mol. The molecule has 0 radical (unpaired) electrons. The molecular weight excluding hydrogens is 525 g/mol. The van der Waals surface area contributed by atoms with Gasteiger partial charge in [0.05, 0.1) is 5.56 Å². The van der Waals surface area contributed by atoms with Gasteiger partial charge in [0.2, 0.25) is 0 Å². The molecule has 4 rings (SSSR count). The van der Waals surface area contributed by atoms with Crippen molar-refractivity contribution >= 4 is 17.7 Å². The molecule has 5 nitrogen and oxygen atoms in total. The van der Waals surface area contributed by atoms with E-state index in [-0.39, 0.29) is 0 Å². The van der Waals surface area contributed by atoms with Gasteiger partial charge >= 0.3 is 12.1 Å². The summed E-state index contributed by atoms with van der Waals surface area (Å²) in [5.41, 5.74) is 1.07. The number of benzene rings is 2. The van der Waals surface area contributed by atoms with E-state index in [1.165, 1.54) is 30.8 Å². The van der Waals surface area contributed by atoms with E-state index >= 15 is 0 Å². The molecule has 1 N–H and O–H groups in total. The molecule has 2 aromatic heterocycles. The Labute approximate surface area is 227 Å². The Morgan fingerprint density at radius 1 is 0.872 bits per heavy atom. The highest BCUT2D eigenvalue weighted by Crippen LogP contribution is 2.31. The fraction of sp³-hybridized carbons (Fsp3) is 0.100. The summed E-state index contributed by atoms with van der Waals surface area (Å²) in [6.45, 7) is 1.45. The number of carbonyl (C=O) groups is 1. The Morgan fingerprint density at radius 3 is 2.10 bits per heavy atom. The lowest BCUT2D eigenvalue weighted by Gasteiger charge is -2.10. The van der Waals surface area contributed by atoms with E-state index in [0.717, 1.165) is 21.9 Å². The maximum absolute atomic E-state index is 12.8. The first kappa shape index (κ1) is 27.3. The molecule has 0 aliphatic carbocycles. The Kier molecular flexibility index (Phi) is 8.55.